The SMILES string of the molecule is Cc1ccc(S(=O)(=O)O)cc1CCCS(C)(=O)=O. The molecule has 0 aliphatic heterocycles. The van der Waals surface area contributed by atoms with Crippen molar-refractivity contribution in [1.29, 1.82) is 0 Å². The lowest BCUT2D eigenvalue weighted by atomic mass is 10.0. The van der Waals surface area contributed by atoms with Crippen LogP contribution in [0, 0.1) is 6.92 Å². The normalized spacial score (nSPS) is 12.6. The van der Waals surface area contributed by atoms with Crippen LogP contribution in [0.25, 0.3) is 0 Å². The van der Waals surface area contributed by atoms with Crippen molar-refractivity contribution in [3.63, 3.8) is 0 Å². The number of sulfone groups is 1. The van der Waals surface area contributed by atoms with Crippen LogP contribution in [0.1, 0.15) is 17.5 Å². The van der Waals surface area contributed by atoms with E-state index in [2.05, 4.69) is 0 Å². The number of hydrogen-bond donors (Lipinski definition) is 1. The first-order valence-corrected chi connectivity index (χ1v) is 8.84. The molecule has 0 fully saturated rings. The second-order valence-electron chi connectivity index (χ2n) is 4.30. The van der Waals surface area contributed by atoms with Crippen LogP contribution >= 0.6 is 0 Å². The van der Waals surface area contributed by atoms with Crippen LogP contribution in [0.3, 0.4) is 0 Å². The Bertz CT molecular complexity index is 629. The second-order valence-corrected chi connectivity index (χ2v) is 7.98. The van der Waals surface area contributed by atoms with Crippen LogP contribution < -0.4 is 0 Å². The van der Waals surface area contributed by atoms with E-state index in [9.17, 15) is 16.8 Å². The van der Waals surface area contributed by atoms with Gasteiger partial charge in [-0.3, -0.25) is 4.55 Å². The number of rotatable bonds is 5. The van der Waals surface area contributed by atoms with Crippen molar-refractivity contribution in [1.82, 2.24) is 0 Å². The molecule has 0 aliphatic carbocycles. The zero-order valence-electron chi connectivity index (χ0n) is 10.3. The summed E-state index contributed by atoms with van der Waals surface area (Å²) in [5.74, 6) is 0.0581. The summed E-state index contributed by atoms with van der Waals surface area (Å²) in [5.41, 5.74) is 1.60. The first kappa shape index (κ1) is 15.1. The van der Waals surface area contributed by atoms with E-state index in [1.165, 1.54) is 12.1 Å². The smallest absolute Gasteiger partial charge is 0.282 e. The lowest BCUT2D eigenvalue weighted by Crippen LogP contribution is -2.05. The van der Waals surface area contributed by atoms with Gasteiger partial charge in [0.1, 0.15) is 9.84 Å². The van der Waals surface area contributed by atoms with Gasteiger partial charge in [-0.1, -0.05) is 6.07 Å². The van der Waals surface area contributed by atoms with Crippen LogP contribution in [-0.2, 0) is 26.4 Å². The lowest BCUT2D eigenvalue weighted by Gasteiger charge is -2.07. The molecule has 0 saturated carbocycles. The number of hydrogen-bond acceptors (Lipinski definition) is 4. The molecule has 0 atom stereocenters. The molecule has 0 saturated heterocycles. The van der Waals surface area contributed by atoms with E-state index in [0.29, 0.717) is 12.8 Å². The van der Waals surface area contributed by atoms with Gasteiger partial charge in [-0.25, -0.2) is 8.42 Å². The Morgan fingerprint density at radius 3 is 2.28 bits per heavy atom. The molecule has 1 aromatic rings. The monoisotopic (exact) mass is 292 g/mol. The highest BCUT2D eigenvalue weighted by atomic mass is 32.2. The molecule has 1 rings (SSSR count). The van der Waals surface area contributed by atoms with Gasteiger partial charge in [0.25, 0.3) is 10.1 Å². The van der Waals surface area contributed by atoms with Gasteiger partial charge in [-0.2, -0.15) is 8.42 Å². The maximum absolute atomic E-state index is 11.0. The molecule has 0 heterocycles. The van der Waals surface area contributed by atoms with E-state index < -0.39 is 20.0 Å². The Hall–Kier alpha value is -0.920. The lowest BCUT2D eigenvalue weighted by molar-refractivity contribution is 0.483. The van der Waals surface area contributed by atoms with Gasteiger partial charge in [0.05, 0.1) is 10.6 Å². The third-order valence-electron chi connectivity index (χ3n) is 2.58. The van der Waals surface area contributed by atoms with Gasteiger partial charge in [-0.05, 0) is 43.0 Å². The van der Waals surface area contributed by atoms with Crippen molar-refractivity contribution in [3.8, 4) is 0 Å². The third kappa shape index (κ3) is 4.75. The van der Waals surface area contributed by atoms with E-state index in [0.717, 1.165) is 17.4 Å². The summed E-state index contributed by atoms with van der Waals surface area (Å²) in [5, 5.41) is 0. The summed E-state index contributed by atoms with van der Waals surface area (Å²) in [4.78, 5) is -0.164. The zero-order valence-corrected chi connectivity index (χ0v) is 11.9. The predicted molar refractivity (Wildman–Crippen MR) is 69.0 cm³/mol. The van der Waals surface area contributed by atoms with Crippen LogP contribution in [-0.4, -0.2) is 33.4 Å². The fourth-order valence-electron chi connectivity index (χ4n) is 1.60. The average molecular weight is 292 g/mol. The fourth-order valence-corrected chi connectivity index (χ4v) is 2.80. The second kappa shape index (κ2) is 5.38. The van der Waals surface area contributed by atoms with Gasteiger partial charge < -0.3 is 0 Å². The molecule has 5 nitrogen and oxygen atoms in total. The minimum Gasteiger partial charge on any atom is -0.282 e. The Kier molecular flexibility index (Phi) is 4.52. The molecular formula is C11H16O5S2. The van der Waals surface area contributed by atoms with Gasteiger partial charge in [0, 0.05) is 6.26 Å². The fraction of sp³-hybridized carbons (Fsp3) is 0.455. The van der Waals surface area contributed by atoms with Crippen LogP contribution in [0.15, 0.2) is 23.1 Å². The zero-order chi connectivity index (χ0) is 14.0. The summed E-state index contributed by atoms with van der Waals surface area (Å²) in [6.07, 6.45) is 2.05. The quantitative estimate of drug-likeness (QED) is 0.824. The van der Waals surface area contributed by atoms with Gasteiger partial charge >= 0.3 is 0 Å². The highest BCUT2D eigenvalue weighted by molar-refractivity contribution is 7.90. The maximum atomic E-state index is 11.0. The maximum Gasteiger partial charge on any atom is 0.294 e. The van der Waals surface area contributed by atoms with Crippen molar-refractivity contribution in [2.45, 2.75) is 24.7 Å². The van der Waals surface area contributed by atoms with Gasteiger partial charge in [0.15, 0.2) is 0 Å². The standard InChI is InChI=1S/C11H16O5S2/c1-9-5-6-11(18(14,15)16)8-10(9)4-3-7-17(2,12)13/h5-6,8H,3-4,7H2,1-2H3,(H,14,15,16). The van der Waals surface area contributed by atoms with Crippen molar-refractivity contribution < 1.29 is 21.4 Å². The largest absolute Gasteiger partial charge is 0.294 e. The molecule has 1 aromatic carbocycles. The van der Waals surface area contributed by atoms with E-state index in [1.807, 2.05) is 6.92 Å². The molecule has 102 valence electrons. The predicted octanol–water partition coefficient (Wildman–Crippen LogP) is 1.22. The summed E-state index contributed by atoms with van der Waals surface area (Å²) >= 11 is 0. The molecule has 0 spiro atoms. The topological polar surface area (TPSA) is 88.5 Å². The van der Waals surface area contributed by atoms with Gasteiger partial charge in [0.2, 0.25) is 0 Å². The van der Waals surface area contributed by atoms with E-state index in [4.69, 9.17) is 4.55 Å². The molecular weight excluding hydrogens is 276 g/mol. The highest BCUT2D eigenvalue weighted by Crippen LogP contribution is 2.17. The molecule has 7 heteroatoms. The van der Waals surface area contributed by atoms with E-state index in [-0.39, 0.29) is 10.6 Å². The molecule has 0 radical (unpaired) electrons. The molecule has 0 aromatic heterocycles. The van der Waals surface area contributed by atoms with Crippen LogP contribution in [0.4, 0.5) is 0 Å². The molecule has 0 unspecified atom stereocenters. The molecule has 0 aliphatic rings. The van der Waals surface area contributed by atoms with Gasteiger partial charge in [-0.15, -0.1) is 0 Å². The molecule has 0 bridgehead atoms. The summed E-state index contributed by atoms with van der Waals surface area (Å²) in [7, 11) is -7.23. The first-order chi connectivity index (χ1) is 8.09. The van der Waals surface area contributed by atoms with Crippen molar-refractivity contribution in [3.05, 3.63) is 29.3 Å². The Balaban J connectivity index is 2.89. The minimum absolute atomic E-state index is 0.0581. The van der Waals surface area contributed by atoms with E-state index in [1.54, 1.807) is 6.07 Å². The number of benzene rings is 1. The number of aryl methyl sites for hydroxylation is 2. The van der Waals surface area contributed by atoms with Crippen LogP contribution in [0.5, 0.6) is 0 Å². The average Bonchev–Trinajstić information content (AvgIpc) is 2.17. The molecule has 0 amide bonds. The first-order valence-electron chi connectivity index (χ1n) is 5.34. The van der Waals surface area contributed by atoms with Crippen LogP contribution in [0.2, 0.25) is 0 Å². The van der Waals surface area contributed by atoms with Crippen molar-refractivity contribution >= 4 is 20.0 Å². The summed E-state index contributed by atoms with van der Waals surface area (Å²) < 4.78 is 52.9. The van der Waals surface area contributed by atoms with E-state index >= 15 is 0 Å². The third-order valence-corrected chi connectivity index (χ3v) is 4.46. The van der Waals surface area contributed by atoms with Crippen molar-refractivity contribution in [2.24, 2.45) is 0 Å². The highest BCUT2D eigenvalue weighted by Gasteiger charge is 2.11. The molecule has 18 heavy (non-hydrogen) atoms. The summed E-state index contributed by atoms with van der Waals surface area (Å²) in [6, 6.07) is 4.30. The van der Waals surface area contributed by atoms with Crippen molar-refractivity contribution in [2.75, 3.05) is 12.0 Å². The molecule has 1 N–H and O–H groups in total. The Morgan fingerprint density at radius 2 is 1.78 bits per heavy atom. The Labute approximate surface area is 108 Å². The summed E-state index contributed by atoms with van der Waals surface area (Å²) in [6.45, 7) is 1.81. The Morgan fingerprint density at radius 1 is 1.17 bits per heavy atom. The minimum atomic E-state index is -4.21.